The number of aromatic nitrogens is 4. The number of aryl methyl sites for hydroxylation is 1. The maximum atomic E-state index is 12.6. The second-order valence-electron chi connectivity index (χ2n) is 5.77. The van der Waals surface area contributed by atoms with E-state index in [0.29, 0.717) is 16.9 Å². The first-order valence-corrected chi connectivity index (χ1v) is 9.32. The molecule has 148 valence electrons. The molecule has 0 bridgehead atoms. The van der Waals surface area contributed by atoms with Gasteiger partial charge in [-0.25, -0.2) is 18.1 Å². The summed E-state index contributed by atoms with van der Waals surface area (Å²) in [6, 6.07) is 6.19. The molecule has 0 atom stereocenters. The minimum Gasteiger partial charge on any atom is -0.340 e. The maximum absolute atomic E-state index is 12.6. The number of alkyl halides is 3. The Hall–Kier alpha value is -2.99. The van der Waals surface area contributed by atoms with Gasteiger partial charge in [0.15, 0.2) is 11.5 Å². The van der Waals surface area contributed by atoms with Gasteiger partial charge >= 0.3 is 6.18 Å². The van der Waals surface area contributed by atoms with Crippen molar-refractivity contribution in [2.75, 3.05) is 12.4 Å². The molecule has 0 aliphatic heterocycles. The summed E-state index contributed by atoms with van der Waals surface area (Å²) in [5.41, 5.74) is 0.193. The fourth-order valence-corrected chi connectivity index (χ4v) is 3.13. The number of imidazole rings is 1. The maximum Gasteiger partial charge on any atom is 0.435 e. The molecule has 2 N–H and O–H groups in total. The standard InChI is InChI=1S/C16H15F3N6O2S/c1-20-28(26,27)10-3-4-12(11(7-10)13-8-25(2)9-21-13)22-15-6-5-14(23-24-15)16(17,18)19/h3-9,20H,1-2H3,(H,22,24). The van der Waals surface area contributed by atoms with Crippen molar-refractivity contribution in [3.63, 3.8) is 0 Å². The third-order valence-electron chi connectivity index (χ3n) is 3.77. The van der Waals surface area contributed by atoms with Gasteiger partial charge in [-0.2, -0.15) is 13.2 Å². The van der Waals surface area contributed by atoms with Crippen LogP contribution < -0.4 is 10.0 Å². The monoisotopic (exact) mass is 412 g/mol. The average molecular weight is 412 g/mol. The Labute approximate surface area is 158 Å². The molecule has 28 heavy (non-hydrogen) atoms. The number of rotatable bonds is 5. The van der Waals surface area contributed by atoms with Gasteiger partial charge in [-0.15, -0.1) is 10.2 Å². The van der Waals surface area contributed by atoms with E-state index in [4.69, 9.17) is 0 Å². The number of halogens is 3. The van der Waals surface area contributed by atoms with E-state index in [2.05, 4.69) is 25.2 Å². The highest BCUT2D eigenvalue weighted by Crippen LogP contribution is 2.32. The van der Waals surface area contributed by atoms with Gasteiger partial charge in [0.2, 0.25) is 10.0 Å². The molecule has 0 saturated heterocycles. The van der Waals surface area contributed by atoms with E-state index in [1.807, 2.05) is 0 Å². The van der Waals surface area contributed by atoms with Crippen molar-refractivity contribution >= 4 is 21.5 Å². The zero-order valence-corrected chi connectivity index (χ0v) is 15.5. The molecule has 12 heteroatoms. The van der Waals surface area contributed by atoms with E-state index in [-0.39, 0.29) is 10.7 Å². The molecule has 0 aliphatic carbocycles. The van der Waals surface area contributed by atoms with Crippen molar-refractivity contribution in [3.8, 4) is 11.3 Å². The summed E-state index contributed by atoms with van der Waals surface area (Å²) < 4.78 is 66.0. The summed E-state index contributed by atoms with van der Waals surface area (Å²) in [5.74, 6) is 0.0643. The second kappa shape index (κ2) is 7.20. The molecule has 3 aromatic rings. The number of hydrogen-bond donors (Lipinski definition) is 2. The number of nitrogens with zero attached hydrogens (tertiary/aromatic N) is 4. The molecular formula is C16H15F3N6O2S. The van der Waals surface area contributed by atoms with E-state index >= 15 is 0 Å². The van der Waals surface area contributed by atoms with E-state index in [1.54, 1.807) is 17.8 Å². The molecule has 0 unspecified atom stereocenters. The van der Waals surface area contributed by atoms with Crippen LogP contribution in [0, 0.1) is 0 Å². The predicted octanol–water partition coefficient (Wildman–Crippen LogP) is 2.55. The smallest absolute Gasteiger partial charge is 0.340 e. The van der Waals surface area contributed by atoms with Crippen LogP contribution in [0.5, 0.6) is 0 Å². The van der Waals surface area contributed by atoms with E-state index in [1.165, 1.54) is 31.6 Å². The lowest BCUT2D eigenvalue weighted by atomic mass is 10.1. The molecule has 1 aromatic carbocycles. The van der Waals surface area contributed by atoms with Crippen LogP contribution in [0.2, 0.25) is 0 Å². The Morgan fingerprint density at radius 1 is 1.11 bits per heavy atom. The van der Waals surface area contributed by atoms with Crippen LogP contribution in [-0.2, 0) is 23.2 Å². The van der Waals surface area contributed by atoms with Gasteiger partial charge in [-0.05, 0) is 37.4 Å². The quantitative estimate of drug-likeness (QED) is 0.668. The molecule has 0 fully saturated rings. The fraction of sp³-hybridized carbons (Fsp3) is 0.188. The second-order valence-corrected chi connectivity index (χ2v) is 7.65. The first kappa shape index (κ1) is 19.8. The molecule has 0 aliphatic rings. The average Bonchev–Trinajstić information content (AvgIpc) is 3.08. The van der Waals surface area contributed by atoms with Crippen LogP contribution in [0.25, 0.3) is 11.3 Å². The molecule has 0 radical (unpaired) electrons. The predicted molar refractivity (Wildman–Crippen MR) is 95.2 cm³/mol. The molecule has 0 amide bonds. The fourth-order valence-electron chi connectivity index (χ4n) is 2.37. The van der Waals surface area contributed by atoms with Crippen molar-refractivity contribution < 1.29 is 21.6 Å². The Morgan fingerprint density at radius 3 is 2.39 bits per heavy atom. The summed E-state index contributed by atoms with van der Waals surface area (Å²) in [6.07, 6.45) is -1.38. The zero-order valence-electron chi connectivity index (χ0n) is 14.7. The largest absolute Gasteiger partial charge is 0.435 e. The van der Waals surface area contributed by atoms with Crippen LogP contribution >= 0.6 is 0 Å². The highest BCUT2D eigenvalue weighted by molar-refractivity contribution is 7.89. The lowest BCUT2D eigenvalue weighted by Crippen LogP contribution is -2.18. The van der Waals surface area contributed by atoms with Crippen LogP contribution in [0.15, 0.2) is 47.8 Å². The topological polar surface area (TPSA) is 102 Å². The Balaban J connectivity index is 2.03. The van der Waals surface area contributed by atoms with Crippen molar-refractivity contribution in [1.82, 2.24) is 24.5 Å². The van der Waals surface area contributed by atoms with Gasteiger partial charge in [-0.3, -0.25) is 0 Å². The van der Waals surface area contributed by atoms with Crippen LogP contribution in [0.4, 0.5) is 24.7 Å². The lowest BCUT2D eigenvalue weighted by molar-refractivity contribution is -0.141. The first-order valence-electron chi connectivity index (χ1n) is 7.84. The number of hydrogen-bond acceptors (Lipinski definition) is 6. The molecule has 8 nitrogen and oxygen atoms in total. The molecule has 0 spiro atoms. The van der Waals surface area contributed by atoms with Gasteiger partial charge < -0.3 is 9.88 Å². The SMILES string of the molecule is CNS(=O)(=O)c1ccc(Nc2ccc(C(F)(F)F)nn2)c(-c2cn(C)cn2)c1. The number of nitrogens with one attached hydrogen (secondary N) is 2. The summed E-state index contributed by atoms with van der Waals surface area (Å²) in [7, 11) is -0.658. The summed E-state index contributed by atoms with van der Waals surface area (Å²) >= 11 is 0. The number of sulfonamides is 1. The summed E-state index contributed by atoms with van der Waals surface area (Å²) in [4.78, 5) is 4.22. The van der Waals surface area contributed by atoms with E-state index in [9.17, 15) is 21.6 Å². The van der Waals surface area contributed by atoms with E-state index in [0.717, 1.165) is 12.1 Å². The van der Waals surface area contributed by atoms with Crippen molar-refractivity contribution in [2.24, 2.45) is 7.05 Å². The molecule has 2 aromatic heterocycles. The van der Waals surface area contributed by atoms with E-state index < -0.39 is 21.9 Å². The zero-order chi connectivity index (χ0) is 20.5. The van der Waals surface area contributed by atoms with Crippen molar-refractivity contribution in [1.29, 1.82) is 0 Å². The van der Waals surface area contributed by atoms with Crippen molar-refractivity contribution in [3.05, 3.63) is 48.5 Å². The highest BCUT2D eigenvalue weighted by atomic mass is 32.2. The Morgan fingerprint density at radius 2 is 1.86 bits per heavy atom. The number of benzene rings is 1. The van der Waals surface area contributed by atoms with Gasteiger partial charge in [0.1, 0.15) is 0 Å². The van der Waals surface area contributed by atoms with Crippen molar-refractivity contribution in [2.45, 2.75) is 11.1 Å². The first-order chi connectivity index (χ1) is 13.1. The summed E-state index contributed by atoms with van der Waals surface area (Å²) in [6.45, 7) is 0. The van der Waals surface area contributed by atoms with Gasteiger partial charge in [-0.1, -0.05) is 0 Å². The summed E-state index contributed by atoms with van der Waals surface area (Å²) in [5, 5.41) is 9.54. The molecular weight excluding hydrogens is 397 g/mol. The lowest BCUT2D eigenvalue weighted by Gasteiger charge is -2.12. The Kier molecular flexibility index (Phi) is 5.08. The molecule has 0 saturated carbocycles. The minimum atomic E-state index is -4.59. The van der Waals surface area contributed by atoms with Gasteiger partial charge in [0.05, 0.1) is 16.9 Å². The minimum absolute atomic E-state index is 0.0136. The van der Waals surface area contributed by atoms with Gasteiger partial charge in [0.25, 0.3) is 0 Å². The van der Waals surface area contributed by atoms with Crippen LogP contribution in [0.1, 0.15) is 5.69 Å². The highest BCUT2D eigenvalue weighted by Gasteiger charge is 2.32. The van der Waals surface area contributed by atoms with Gasteiger partial charge in [0, 0.05) is 24.5 Å². The van der Waals surface area contributed by atoms with Crippen LogP contribution in [0.3, 0.4) is 0 Å². The van der Waals surface area contributed by atoms with Crippen LogP contribution in [-0.4, -0.2) is 35.2 Å². The normalized spacial score (nSPS) is 12.2. The number of anilines is 2. The molecule has 2 heterocycles. The third kappa shape index (κ3) is 4.12. The molecule has 3 rings (SSSR count). The Bertz CT molecular complexity index is 1090. The third-order valence-corrected chi connectivity index (χ3v) is 5.18.